The molecule has 0 fully saturated rings. The van der Waals surface area contributed by atoms with E-state index in [-0.39, 0.29) is 30.1 Å². The van der Waals surface area contributed by atoms with Crippen molar-refractivity contribution in [3.05, 3.63) is 34.4 Å². The first-order valence-electron chi connectivity index (χ1n) is 8.61. The normalized spacial score (nSPS) is 22.2. The number of esters is 2. The van der Waals surface area contributed by atoms with Gasteiger partial charge in [-0.25, -0.2) is 9.59 Å². The highest BCUT2D eigenvalue weighted by Gasteiger charge is 2.51. The van der Waals surface area contributed by atoms with Gasteiger partial charge in [0.25, 0.3) is 0 Å². The molecule has 0 aromatic heterocycles. The van der Waals surface area contributed by atoms with Crippen LogP contribution in [0.3, 0.4) is 0 Å². The fourth-order valence-corrected chi connectivity index (χ4v) is 3.43. The highest BCUT2D eigenvalue weighted by atomic mass is 16.7. The maximum atomic E-state index is 12.7. The van der Waals surface area contributed by atoms with Gasteiger partial charge in [0.1, 0.15) is 12.2 Å². The fraction of sp³-hybridized carbons (Fsp3) is 0.474. The van der Waals surface area contributed by atoms with E-state index in [4.69, 9.17) is 23.7 Å². The molecule has 0 saturated heterocycles. The molecule has 0 radical (unpaired) electrons. The van der Waals surface area contributed by atoms with Crippen LogP contribution in [0.5, 0.6) is 11.5 Å². The summed E-state index contributed by atoms with van der Waals surface area (Å²) in [6, 6.07) is 3.60. The lowest BCUT2D eigenvalue weighted by atomic mass is 9.85. The second-order valence-corrected chi connectivity index (χ2v) is 6.97. The van der Waals surface area contributed by atoms with Crippen molar-refractivity contribution < 1.29 is 33.3 Å². The molecule has 7 heteroatoms. The van der Waals surface area contributed by atoms with Crippen LogP contribution in [0.1, 0.15) is 51.0 Å². The van der Waals surface area contributed by atoms with Crippen LogP contribution in [0.25, 0.3) is 0 Å². The van der Waals surface area contributed by atoms with Gasteiger partial charge in [-0.2, -0.15) is 0 Å². The Kier molecular flexibility index (Phi) is 3.91. The van der Waals surface area contributed by atoms with E-state index in [9.17, 15) is 9.59 Å². The van der Waals surface area contributed by atoms with Gasteiger partial charge >= 0.3 is 11.9 Å². The Labute approximate surface area is 150 Å². The molecule has 3 aliphatic heterocycles. The van der Waals surface area contributed by atoms with Gasteiger partial charge in [-0.3, -0.25) is 0 Å². The maximum absolute atomic E-state index is 12.7. The first-order chi connectivity index (χ1) is 12.4. The third kappa shape index (κ3) is 2.54. The van der Waals surface area contributed by atoms with E-state index in [1.54, 1.807) is 39.8 Å². The quantitative estimate of drug-likeness (QED) is 0.764. The number of carbonyl (C=O) groups excluding carboxylic acids is 2. The number of ether oxygens (including phenoxy) is 5. The minimum Gasteiger partial charge on any atom is -0.460 e. The van der Waals surface area contributed by atoms with E-state index in [2.05, 4.69) is 0 Å². The van der Waals surface area contributed by atoms with Crippen LogP contribution in [-0.4, -0.2) is 30.9 Å². The Bertz CT molecular complexity index is 756. The Morgan fingerprint density at radius 2 is 1.31 bits per heavy atom. The molecule has 0 unspecified atom stereocenters. The molecule has 1 aromatic rings. The zero-order valence-electron chi connectivity index (χ0n) is 15.0. The molecule has 0 aliphatic carbocycles. The second-order valence-electron chi connectivity index (χ2n) is 6.97. The number of hydrogen-bond acceptors (Lipinski definition) is 7. The average molecular weight is 360 g/mol. The van der Waals surface area contributed by atoms with E-state index in [0.717, 1.165) is 11.1 Å². The van der Waals surface area contributed by atoms with Crippen molar-refractivity contribution in [3.63, 3.8) is 0 Å². The summed E-state index contributed by atoms with van der Waals surface area (Å²) < 4.78 is 27.5. The zero-order valence-corrected chi connectivity index (χ0v) is 15.0. The third-order valence-electron chi connectivity index (χ3n) is 4.36. The first kappa shape index (κ1) is 16.9. The minimum absolute atomic E-state index is 0.145. The molecular weight excluding hydrogens is 340 g/mol. The summed E-state index contributed by atoms with van der Waals surface area (Å²) in [5.74, 6) is 0.0728. The van der Waals surface area contributed by atoms with E-state index >= 15 is 0 Å². The topological polar surface area (TPSA) is 80.3 Å². The second kappa shape index (κ2) is 6.02. The molecule has 138 valence electrons. The summed E-state index contributed by atoms with van der Waals surface area (Å²) in [6.45, 7) is 7.16. The summed E-state index contributed by atoms with van der Waals surface area (Å²) in [6.07, 6.45) is -1.98. The number of hydrogen-bond donors (Lipinski definition) is 0. The average Bonchev–Trinajstić information content (AvgIpc) is 3.23. The monoisotopic (exact) mass is 360 g/mol. The molecule has 1 aromatic carbocycles. The van der Waals surface area contributed by atoms with Crippen LogP contribution in [-0.2, 0) is 23.8 Å². The predicted molar refractivity (Wildman–Crippen MR) is 88.6 cm³/mol. The summed E-state index contributed by atoms with van der Waals surface area (Å²) in [5, 5.41) is 0. The highest BCUT2D eigenvalue weighted by Crippen LogP contribution is 2.57. The van der Waals surface area contributed by atoms with Crippen molar-refractivity contribution in [1.29, 1.82) is 0 Å². The van der Waals surface area contributed by atoms with Crippen molar-refractivity contribution in [2.75, 3.05) is 6.79 Å². The van der Waals surface area contributed by atoms with Gasteiger partial charge in [-0.05, 0) is 51.0 Å². The van der Waals surface area contributed by atoms with Gasteiger partial charge in [0.2, 0.25) is 6.79 Å². The van der Waals surface area contributed by atoms with Crippen molar-refractivity contribution in [2.45, 2.75) is 52.1 Å². The predicted octanol–water partition coefficient (Wildman–Crippen LogP) is 2.74. The molecule has 4 rings (SSSR count). The molecule has 3 aliphatic rings. The van der Waals surface area contributed by atoms with Gasteiger partial charge in [0, 0.05) is 0 Å². The van der Waals surface area contributed by atoms with Crippen molar-refractivity contribution in [1.82, 2.24) is 0 Å². The van der Waals surface area contributed by atoms with Crippen LogP contribution < -0.4 is 9.47 Å². The summed E-state index contributed by atoms with van der Waals surface area (Å²) in [7, 11) is 0. The lowest BCUT2D eigenvalue weighted by Gasteiger charge is -2.20. The van der Waals surface area contributed by atoms with Crippen molar-refractivity contribution in [3.8, 4) is 11.5 Å². The number of rotatable bonds is 4. The van der Waals surface area contributed by atoms with Crippen LogP contribution in [0.4, 0.5) is 0 Å². The van der Waals surface area contributed by atoms with Gasteiger partial charge in [0.15, 0.2) is 11.5 Å². The van der Waals surface area contributed by atoms with Crippen LogP contribution in [0.15, 0.2) is 23.3 Å². The molecule has 0 amide bonds. The Morgan fingerprint density at radius 3 is 1.69 bits per heavy atom. The van der Waals surface area contributed by atoms with Gasteiger partial charge < -0.3 is 23.7 Å². The van der Waals surface area contributed by atoms with Crippen molar-refractivity contribution in [2.24, 2.45) is 0 Å². The van der Waals surface area contributed by atoms with E-state index in [1.807, 2.05) is 0 Å². The molecule has 0 saturated carbocycles. The van der Waals surface area contributed by atoms with E-state index in [1.165, 1.54) is 0 Å². The SMILES string of the molecule is CC(C)OC(=O)C1=C(C(=O)OC(C)C)[C@@H]2O[C@H]1c1cc3c(cc12)OCO3. The standard InChI is InChI=1S/C19H20O7/c1-8(2)24-18(20)14-15(19(21)25-9(3)4)17-11-6-13-12(22-7-23-13)5-10(11)16(14)26-17/h5-6,8-9,16-17H,7H2,1-4H3/t16-,17+. The first-order valence-corrected chi connectivity index (χ1v) is 8.61. The molecule has 2 bridgehead atoms. The number of fused-ring (bicyclic) bond motifs is 6. The fourth-order valence-electron chi connectivity index (χ4n) is 3.43. The Morgan fingerprint density at radius 1 is 0.885 bits per heavy atom. The van der Waals surface area contributed by atoms with Crippen LogP contribution in [0.2, 0.25) is 0 Å². The molecule has 2 atom stereocenters. The highest BCUT2D eigenvalue weighted by molar-refractivity contribution is 6.04. The minimum atomic E-state index is -0.675. The summed E-state index contributed by atoms with van der Waals surface area (Å²) >= 11 is 0. The third-order valence-corrected chi connectivity index (χ3v) is 4.36. The lowest BCUT2D eigenvalue weighted by molar-refractivity contribution is -0.146. The van der Waals surface area contributed by atoms with Gasteiger partial charge in [0.05, 0.1) is 23.4 Å². The Balaban J connectivity index is 1.78. The van der Waals surface area contributed by atoms with Gasteiger partial charge in [-0.1, -0.05) is 0 Å². The molecule has 7 nitrogen and oxygen atoms in total. The largest absolute Gasteiger partial charge is 0.460 e. The van der Waals surface area contributed by atoms with E-state index in [0.29, 0.717) is 11.5 Å². The lowest BCUT2D eigenvalue weighted by Crippen LogP contribution is -2.24. The molecule has 26 heavy (non-hydrogen) atoms. The Hall–Kier alpha value is -2.54. The summed E-state index contributed by atoms with van der Waals surface area (Å²) in [4.78, 5) is 25.3. The van der Waals surface area contributed by atoms with Crippen LogP contribution in [0, 0.1) is 0 Å². The zero-order chi connectivity index (χ0) is 18.6. The smallest absolute Gasteiger partial charge is 0.337 e. The van der Waals surface area contributed by atoms with Crippen molar-refractivity contribution >= 4 is 11.9 Å². The van der Waals surface area contributed by atoms with Crippen LogP contribution >= 0.6 is 0 Å². The maximum Gasteiger partial charge on any atom is 0.337 e. The number of benzene rings is 1. The van der Waals surface area contributed by atoms with E-state index < -0.39 is 24.1 Å². The molecule has 3 heterocycles. The summed E-state index contributed by atoms with van der Waals surface area (Å²) in [5.41, 5.74) is 1.99. The molecule has 0 N–H and O–H groups in total. The molecule has 0 spiro atoms. The van der Waals surface area contributed by atoms with Gasteiger partial charge in [-0.15, -0.1) is 0 Å². The number of carbonyl (C=O) groups is 2. The molecular formula is C19H20O7.